The fourth-order valence-electron chi connectivity index (χ4n) is 6.04. The Morgan fingerprint density at radius 3 is 2.59 bits per heavy atom. The van der Waals surface area contributed by atoms with Crippen molar-refractivity contribution >= 4 is 28.8 Å². The first kappa shape index (κ1) is 26.8. The van der Waals surface area contributed by atoms with Crippen LogP contribution in [0.2, 0.25) is 0 Å². The summed E-state index contributed by atoms with van der Waals surface area (Å²) in [4.78, 5) is 42.5. The first-order chi connectivity index (χ1) is 17.9. The molecule has 0 saturated carbocycles. The van der Waals surface area contributed by atoms with Gasteiger partial charge in [-0.1, -0.05) is 63.1 Å². The van der Waals surface area contributed by atoms with Gasteiger partial charge in [-0.15, -0.1) is 5.10 Å². The molecule has 10 nitrogen and oxygen atoms in total. The fourth-order valence-corrected chi connectivity index (χ4v) is 6.04. The molecule has 1 aliphatic carbocycles. The maximum atomic E-state index is 14.1. The second kappa shape index (κ2) is 11.4. The van der Waals surface area contributed by atoms with Crippen molar-refractivity contribution in [3.63, 3.8) is 0 Å². The van der Waals surface area contributed by atoms with Crippen molar-refractivity contribution in [3.05, 3.63) is 36.4 Å². The standard InChI is InChI=1S/C27H38N6O4/c1-5-9-17-12-13-18-23(22(17)25(35)28-4)27(37)33(21(14-34)16(3)6-2)24(18)26(36)29-15-32-20-11-8-7-10-19(20)30-31-32/h7-8,10-13,16-18,21-24,34H,5-6,9,14-15H2,1-4H3,(H,28,35)(H,29,36)/t16-,17+,18-,21-,22+,23+,24-/m0/s1. The number of fused-ring (bicyclic) bond motifs is 2. The van der Waals surface area contributed by atoms with Crippen LogP contribution in [0.5, 0.6) is 0 Å². The molecular formula is C27H38N6O4. The molecule has 0 unspecified atom stereocenters. The summed E-state index contributed by atoms with van der Waals surface area (Å²) in [6.45, 7) is 5.85. The molecule has 1 saturated heterocycles. The van der Waals surface area contributed by atoms with E-state index in [0.717, 1.165) is 30.3 Å². The van der Waals surface area contributed by atoms with Crippen LogP contribution in [-0.2, 0) is 21.1 Å². The monoisotopic (exact) mass is 510 g/mol. The van der Waals surface area contributed by atoms with Gasteiger partial charge in [0, 0.05) is 13.0 Å². The second-order valence-corrected chi connectivity index (χ2v) is 10.2. The smallest absolute Gasteiger partial charge is 0.244 e. The molecular weight excluding hydrogens is 472 g/mol. The Labute approximate surface area is 217 Å². The van der Waals surface area contributed by atoms with Crippen molar-refractivity contribution in [2.45, 2.75) is 58.8 Å². The minimum Gasteiger partial charge on any atom is -0.394 e. The molecule has 1 aromatic carbocycles. The van der Waals surface area contributed by atoms with E-state index in [1.807, 2.05) is 50.3 Å². The average molecular weight is 511 g/mol. The van der Waals surface area contributed by atoms with Crippen LogP contribution in [0.3, 0.4) is 0 Å². The average Bonchev–Trinajstić information content (AvgIpc) is 3.46. The van der Waals surface area contributed by atoms with Crippen LogP contribution in [0, 0.1) is 29.6 Å². The molecule has 3 N–H and O–H groups in total. The van der Waals surface area contributed by atoms with Gasteiger partial charge in [-0.2, -0.15) is 0 Å². The number of carbonyl (C=O) groups excluding carboxylic acids is 3. The largest absolute Gasteiger partial charge is 0.394 e. The van der Waals surface area contributed by atoms with Gasteiger partial charge >= 0.3 is 0 Å². The van der Waals surface area contributed by atoms with Crippen LogP contribution >= 0.6 is 0 Å². The summed E-state index contributed by atoms with van der Waals surface area (Å²) in [6, 6.07) is 6.09. The number of hydrogen-bond donors (Lipinski definition) is 3. The zero-order valence-electron chi connectivity index (χ0n) is 22.0. The van der Waals surface area contributed by atoms with Crippen molar-refractivity contribution in [2.75, 3.05) is 13.7 Å². The third-order valence-corrected chi connectivity index (χ3v) is 8.16. The molecule has 3 amide bonds. The van der Waals surface area contributed by atoms with Gasteiger partial charge in [0.2, 0.25) is 17.7 Å². The molecule has 2 heterocycles. The number of aliphatic hydroxyl groups is 1. The Hall–Kier alpha value is -3.27. The minimum atomic E-state index is -0.843. The molecule has 200 valence electrons. The topological polar surface area (TPSA) is 129 Å². The lowest BCUT2D eigenvalue weighted by molar-refractivity contribution is -0.144. The zero-order chi connectivity index (χ0) is 26.7. The van der Waals surface area contributed by atoms with E-state index in [9.17, 15) is 19.5 Å². The maximum absolute atomic E-state index is 14.1. The van der Waals surface area contributed by atoms with Gasteiger partial charge in [-0.3, -0.25) is 14.4 Å². The molecule has 7 atom stereocenters. The van der Waals surface area contributed by atoms with Crippen LogP contribution in [0.1, 0.15) is 40.0 Å². The van der Waals surface area contributed by atoms with E-state index >= 15 is 0 Å². The van der Waals surface area contributed by atoms with Crippen molar-refractivity contribution in [2.24, 2.45) is 29.6 Å². The lowest BCUT2D eigenvalue weighted by atomic mass is 9.68. The zero-order valence-corrected chi connectivity index (χ0v) is 22.0. The summed E-state index contributed by atoms with van der Waals surface area (Å²) in [5.74, 6) is -2.59. The van der Waals surface area contributed by atoms with E-state index in [0.29, 0.717) is 0 Å². The highest BCUT2D eigenvalue weighted by atomic mass is 16.3. The lowest BCUT2D eigenvalue weighted by Crippen LogP contribution is -2.54. The molecule has 2 aromatic rings. The van der Waals surface area contributed by atoms with Crippen molar-refractivity contribution in [3.8, 4) is 0 Å². The van der Waals surface area contributed by atoms with Gasteiger partial charge in [0.1, 0.15) is 18.2 Å². The first-order valence-corrected chi connectivity index (χ1v) is 13.3. The van der Waals surface area contributed by atoms with E-state index < -0.39 is 29.8 Å². The summed E-state index contributed by atoms with van der Waals surface area (Å²) in [5, 5.41) is 24.3. The fraction of sp³-hybridized carbons (Fsp3) is 0.593. The highest BCUT2D eigenvalue weighted by Gasteiger charge is 2.58. The summed E-state index contributed by atoms with van der Waals surface area (Å²) in [6.07, 6.45) is 6.33. The molecule has 0 bridgehead atoms. The number of benzene rings is 1. The normalized spacial score (nSPS) is 26.7. The van der Waals surface area contributed by atoms with Gasteiger partial charge in [0.25, 0.3) is 0 Å². The minimum absolute atomic E-state index is 0.0301. The molecule has 1 aliphatic heterocycles. The molecule has 10 heteroatoms. The Kier molecular flexibility index (Phi) is 8.26. The van der Waals surface area contributed by atoms with Gasteiger partial charge in [-0.05, 0) is 30.4 Å². The van der Waals surface area contributed by atoms with E-state index in [1.54, 1.807) is 16.6 Å². The number of hydrogen-bond acceptors (Lipinski definition) is 6. The number of aromatic nitrogens is 3. The molecule has 1 fully saturated rings. The number of nitrogens with one attached hydrogen (secondary N) is 2. The highest BCUT2D eigenvalue weighted by molar-refractivity contribution is 5.97. The van der Waals surface area contributed by atoms with Crippen LogP contribution in [-0.4, -0.2) is 68.5 Å². The predicted molar refractivity (Wildman–Crippen MR) is 139 cm³/mol. The van der Waals surface area contributed by atoms with Crippen molar-refractivity contribution < 1.29 is 19.5 Å². The number of para-hydroxylation sites is 1. The van der Waals surface area contributed by atoms with Crippen molar-refractivity contribution in [1.29, 1.82) is 0 Å². The van der Waals surface area contributed by atoms with Crippen LogP contribution in [0.15, 0.2) is 36.4 Å². The molecule has 37 heavy (non-hydrogen) atoms. The summed E-state index contributed by atoms with van der Waals surface area (Å²) >= 11 is 0. The van der Waals surface area contributed by atoms with Gasteiger partial charge in [0.05, 0.1) is 30.0 Å². The van der Waals surface area contributed by atoms with E-state index in [4.69, 9.17) is 0 Å². The summed E-state index contributed by atoms with van der Waals surface area (Å²) in [5.41, 5.74) is 1.50. The predicted octanol–water partition coefficient (Wildman–Crippen LogP) is 1.70. The number of aliphatic hydroxyl groups excluding tert-OH is 1. The molecule has 1 aromatic heterocycles. The molecule has 4 rings (SSSR count). The first-order valence-electron chi connectivity index (χ1n) is 13.3. The van der Waals surface area contributed by atoms with E-state index in [-0.39, 0.29) is 42.8 Å². The number of rotatable bonds is 10. The van der Waals surface area contributed by atoms with Gasteiger partial charge in [-0.25, -0.2) is 4.68 Å². The third-order valence-electron chi connectivity index (χ3n) is 8.16. The van der Waals surface area contributed by atoms with Gasteiger partial charge in [0.15, 0.2) is 0 Å². The van der Waals surface area contributed by atoms with Gasteiger partial charge < -0.3 is 20.6 Å². The van der Waals surface area contributed by atoms with Crippen molar-refractivity contribution in [1.82, 2.24) is 30.5 Å². The van der Waals surface area contributed by atoms with Crippen LogP contribution in [0.25, 0.3) is 11.0 Å². The molecule has 0 radical (unpaired) electrons. The Bertz CT molecular complexity index is 1160. The van der Waals surface area contributed by atoms with Crippen LogP contribution in [0.4, 0.5) is 0 Å². The number of allylic oxidation sites excluding steroid dienone is 1. The van der Waals surface area contributed by atoms with Crippen LogP contribution < -0.4 is 10.6 Å². The number of likely N-dealkylation sites (tertiary alicyclic amines) is 1. The number of amides is 3. The van der Waals surface area contributed by atoms with E-state index in [1.165, 1.54) is 0 Å². The van der Waals surface area contributed by atoms with E-state index in [2.05, 4.69) is 27.9 Å². The Balaban J connectivity index is 1.69. The molecule has 2 aliphatic rings. The highest BCUT2D eigenvalue weighted by Crippen LogP contribution is 2.46. The maximum Gasteiger partial charge on any atom is 0.244 e. The quantitative estimate of drug-likeness (QED) is 0.417. The number of carbonyl (C=O) groups is 3. The SMILES string of the molecule is CCC[C@@H]1C=C[C@H]2[C@@H](C(=O)N([C@@H](CO)[C@@H](C)CC)[C@@H]2C(=O)NCn2nnc3ccccc32)[C@@H]1C(=O)NC. The Morgan fingerprint density at radius 1 is 1.16 bits per heavy atom. The lowest BCUT2D eigenvalue weighted by Gasteiger charge is -2.36. The third kappa shape index (κ3) is 4.86. The molecule has 0 spiro atoms. The summed E-state index contributed by atoms with van der Waals surface area (Å²) < 4.78 is 1.60. The summed E-state index contributed by atoms with van der Waals surface area (Å²) in [7, 11) is 1.58. The number of nitrogens with zero attached hydrogens (tertiary/aromatic N) is 4. The second-order valence-electron chi connectivity index (χ2n) is 10.2. The Morgan fingerprint density at radius 2 is 1.92 bits per heavy atom.